The first-order valence-corrected chi connectivity index (χ1v) is 16.9. The molecule has 12 rings (SSSR count). The molecule has 0 saturated carbocycles. The highest BCUT2D eigenvalue weighted by Crippen LogP contribution is 2.51. The Balaban J connectivity index is 1.35. The number of rotatable bonds is 2. The molecule has 0 N–H and O–H groups in total. The minimum atomic E-state index is 0.910. The predicted octanol–water partition coefficient (Wildman–Crippen LogP) is 12.6. The van der Waals surface area contributed by atoms with Crippen LogP contribution < -0.4 is 0 Å². The third-order valence-corrected chi connectivity index (χ3v) is 10.8. The summed E-state index contributed by atoms with van der Waals surface area (Å²) >= 11 is 0. The Morgan fingerprint density at radius 3 is 1.88 bits per heavy atom. The van der Waals surface area contributed by atoms with Crippen molar-refractivity contribution in [2.45, 2.75) is 0 Å². The molecule has 8 aromatic carbocycles. The second-order valence-electron chi connectivity index (χ2n) is 13.2. The van der Waals surface area contributed by atoms with E-state index in [0.717, 1.165) is 27.6 Å². The molecule has 0 radical (unpaired) electrons. The fourth-order valence-corrected chi connectivity index (χ4v) is 8.94. The zero-order valence-corrected chi connectivity index (χ0v) is 26.3. The van der Waals surface area contributed by atoms with Crippen molar-refractivity contribution in [3.05, 3.63) is 158 Å². The molecule has 1 aliphatic rings. The molecular formula is C46H26N2O. The summed E-state index contributed by atoms with van der Waals surface area (Å²) in [6.45, 7) is 0. The van der Waals surface area contributed by atoms with Crippen LogP contribution in [-0.4, -0.2) is 9.13 Å². The van der Waals surface area contributed by atoms with E-state index in [-0.39, 0.29) is 0 Å². The van der Waals surface area contributed by atoms with Crippen molar-refractivity contribution >= 4 is 76.3 Å². The molecule has 3 aromatic heterocycles. The highest BCUT2D eigenvalue weighted by atomic mass is 16.3. The lowest BCUT2D eigenvalue weighted by Crippen LogP contribution is -1.99. The number of aromatic nitrogens is 2. The summed E-state index contributed by atoms with van der Waals surface area (Å²) in [5.41, 5.74) is 14.1. The van der Waals surface area contributed by atoms with E-state index in [0.29, 0.717) is 0 Å². The van der Waals surface area contributed by atoms with E-state index in [1.165, 1.54) is 82.3 Å². The first kappa shape index (κ1) is 25.5. The number of fused-ring (bicyclic) bond motifs is 14. The van der Waals surface area contributed by atoms with E-state index in [1.54, 1.807) is 0 Å². The molecule has 0 fully saturated rings. The van der Waals surface area contributed by atoms with Crippen LogP contribution in [0.15, 0.2) is 162 Å². The van der Waals surface area contributed by atoms with E-state index >= 15 is 0 Å². The van der Waals surface area contributed by atoms with Gasteiger partial charge in [-0.25, -0.2) is 0 Å². The van der Waals surface area contributed by atoms with Crippen molar-refractivity contribution in [1.82, 2.24) is 9.13 Å². The van der Waals surface area contributed by atoms with Crippen LogP contribution in [0.2, 0.25) is 0 Å². The van der Waals surface area contributed by atoms with Gasteiger partial charge in [-0.3, -0.25) is 0 Å². The van der Waals surface area contributed by atoms with Gasteiger partial charge in [-0.1, -0.05) is 115 Å². The highest BCUT2D eigenvalue weighted by molar-refractivity contribution is 6.32. The van der Waals surface area contributed by atoms with E-state index in [2.05, 4.69) is 167 Å². The summed E-state index contributed by atoms with van der Waals surface area (Å²) in [7, 11) is 0. The van der Waals surface area contributed by atoms with Crippen LogP contribution in [0.4, 0.5) is 0 Å². The van der Waals surface area contributed by atoms with Gasteiger partial charge in [0.15, 0.2) is 0 Å². The number of para-hydroxylation sites is 3. The van der Waals surface area contributed by atoms with Crippen molar-refractivity contribution in [2.75, 3.05) is 0 Å². The number of hydrogen-bond acceptors (Lipinski definition) is 1. The van der Waals surface area contributed by atoms with Gasteiger partial charge in [0.2, 0.25) is 0 Å². The first-order valence-electron chi connectivity index (χ1n) is 16.9. The van der Waals surface area contributed by atoms with E-state index in [1.807, 2.05) is 0 Å². The number of furan rings is 1. The zero-order chi connectivity index (χ0) is 31.8. The van der Waals surface area contributed by atoms with Crippen molar-refractivity contribution < 1.29 is 4.42 Å². The summed E-state index contributed by atoms with van der Waals surface area (Å²) in [6, 6.07) is 57.4. The Kier molecular flexibility index (Phi) is 4.72. The molecule has 0 amide bonds. The molecule has 1 aliphatic carbocycles. The average Bonchev–Trinajstić information content (AvgIpc) is 3.89. The van der Waals surface area contributed by atoms with Gasteiger partial charge >= 0.3 is 0 Å². The maximum Gasteiger partial charge on any atom is 0.136 e. The fraction of sp³-hybridized carbons (Fsp3) is 0. The molecule has 0 aliphatic heterocycles. The molecule has 3 nitrogen and oxygen atoms in total. The second-order valence-corrected chi connectivity index (χ2v) is 13.2. The Morgan fingerprint density at radius 1 is 0.327 bits per heavy atom. The van der Waals surface area contributed by atoms with Crippen LogP contribution in [0.1, 0.15) is 0 Å². The van der Waals surface area contributed by atoms with Gasteiger partial charge in [0.1, 0.15) is 11.2 Å². The number of nitrogens with zero attached hydrogens (tertiary/aromatic N) is 2. The normalized spacial score (nSPS) is 12.5. The third kappa shape index (κ3) is 3.13. The molecular weight excluding hydrogens is 597 g/mol. The molecule has 0 atom stereocenters. The maximum absolute atomic E-state index is 6.48. The van der Waals surface area contributed by atoms with Crippen LogP contribution in [0.25, 0.3) is 110 Å². The lowest BCUT2D eigenvalue weighted by molar-refractivity contribution is 0.669. The minimum Gasteiger partial charge on any atom is -0.456 e. The van der Waals surface area contributed by atoms with Crippen LogP contribution in [-0.2, 0) is 0 Å². The van der Waals surface area contributed by atoms with Gasteiger partial charge in [-0.05, 0) is 70.1 Å². The molecule has 0 unspecified atom stereocenters. The third-order valence-electron chi connectivity index (χ3n) is 10.8. The van der Waals surface area contributed by atoms with Crippen molar-refractivity contribution in [3.8, 4) is 33.6 Å². The largest absolute Gasteiger partial charge is 0.456 e. The Bertz CT molecular complexity index is 3180. The van der Waals surface area contributed by atoms with Gasteiger partial charge in [0.25, 0.3) is 0 Å². The Morgan fingerprint density at radius 2 is 1.00 bits per heavy atom. The maximum atomic E-state index is 6.48. The minimum absolute atomic E-state index is 0.910. The topological polar surface area (TPSA) is 23.0 Å². The van der Waals surface area contributed by atoms with Gasteiger partial charge < -0.3 is 13.6 Å². The standard InChI is InChI=1S/C46H26N2O/c1-2-11-27(12-3-1)47-37-19-8-6-15-30(37)33-21-22-36-43-39(25-26-41-44(43)35-16-7-9-20-40(35)49-41)48(46(36)45(33)47)38-24-23-32-29-14-5-4-13-28(29)31-17-10-18-34(38)42(31)32/h1-26H. The number of hydrogen-bond donors (Lipinski definition) is 0. The van der Waals surface area contributed by atoms with Crippen LogP contribution in [0.5, 0.6) is 0 Å². The zero-order valence-electron chi connectivity index (χ0n) is 26.3. The number of benzene rings is 8. The quantitative estimate of drug-likeness (QED) is 0.188. The first-order chi connectivity index (χ1) is 24.3. The predicted molar refractivity (Wildman–Crippen MR) is 204 cm³/mol. The van der Waals surface area contributed by atoms with E-state index in [9.17, 15) is 0 Å². The van der Waals surface area contributed by atoms with Crippen molar-refractivity contribution in [3.63, 3.8) is 0 Å². The van der Waals surface area contributed by atoms with Crippen molar-refractivity contribution in [2.24, 2.45) is 0 Å². The Hall–Kier alpha value is -6.58. The van der Waals surface area contributed by atoms with Crippen LogP contribution >= 0.6 is 0 Å². The monoisotopic (exact) mass is 622 g/mol. The lowest BCUT2D eigenvalue weighted by atomic mass is 10.0. The molecule has 11 aromatic rings. The molecule has 0 spiro atoms. The molecule has 0 bridgehead atoms. The molecule has 49 heavy (non-hydrogen) atoms. The summed E-state index contributed by atoms with van der Waals surface area (Å²) in [4.78, 5) is 0. The van der Waals surface area contributed by atoms with Crippen molar-refractivity contribution in [1.29, 1.82) is 0 Å². The highest BCUT2D eigenvalue weighted by Gasteiger charge is 2.27. The van der Waals surface area contributed by atoms with E-state index < -0.39 is 0 Å². The summed E-state index contributed by atoms with van der Waals surface area (Å²) in [5, 5.41) is 9.79. The van der Waals surface area contributed by atoms with Gasteiger partial charge in [-0.2, -0.15) is 0 Å². The average molecular weight is 623 g/mol. The van der Waals surface area contributed by atoms with Gasteiger partial charge in [0.05, 0.1) is 27.8 Å². The SMILES string of the molecule is c1ccc(-n2c3ccccc3c3ccc4c5c6c(ccc5n(-c5ccc7c8c(cccc58)-c5ccccc5-7)c4c32)oc2ccccc26)cc1. The van der Waals surface area contributed by atoms with Gasteiger partial charge in [0, 0.05) is 43.4 Å². The fourth-order valence-electron chi connectivity index (χ4n) is 8.94. The van der Waals surface area contributed by atoms with Crippen LogP contribution in [0, 0.1) is 0 Å². The summed E-state index contributed by atoms with van der Waals surface area (Å²) in [6.07, 6.45) is 0. The molecule has 3 heterocycles. The second kappa shape index (κ2) is 9.06. The van der Waals surface area contributed by atoms with Crippen LogP contribution in [0.3, 0.4) is 0 Å². The molecule has 3 heteroatoms. The van der Waals surface area contributed by atoms with E-state index in [4.69, 9.17) is 4.42 Å². The molecule has 0 saturated heterocycles. The summed E-state index contributed by atoms with van der Waals surface area (Å²) < 4.78 is 11.5. The molecule has 226 valence electrons. The summed E-state index contributed by atoms with van der Waals surface area (Å²) in [5.74, 6) is 0. The lowest BCUT2D eigenvalue weighted by Gasteiger charge is -2.15. The smallest absolute Gasteiger partial charge is 0.136 e. The Labute approximate surface area is 280 Å². The van der Waals surface area contributed by atoms with Gasteiger partial charge in [-0.15, -0.1) is 0 Å².